The number of carbonyl (C=O) groups is 1. The van der Waals surface area contributed by atoms with Crippen LogP contribution in [0.15, 0.2) is 35.1 Å². The molecule has 2 heterocycles. The predicted molar refractivity (Wildman–Crippen MR) is 84.0 cm³/mol. The molecular weight excluding hydrogens is 296 g/mol. The SMILES string of the molecule is CCOC(=O)c1c(C)nc2n(-c3ccccc3)nc(C)n2c1=O. The van der Waals surface area contributed by atoms with Crippen LogP contribution in [0.5, 0.6) is 0 Å². The van der Waals surface area contributed by atoms with Gasteiger partial charge in [0.2, 0.25) is 5.78 Å². The van der Waals surface area contributed by atoms with Gasteiger partial charge in [-0.1, -0.05) is 18.2 Å². The second-order valence-corrected chi connectivity index (χ2v) is 5.03. The molecule has 0 saturated heterocycles. The topological polar surface area (TPSA) is 78.5 Å². The Balaban J connectivity index is 2.31. The normalized spacial score (nSPS) is 10.9. The van der Waals surface area contributed by atoms with Gasteiger partial charge in [-0.05, 0) is 32.9 Å². The highest BCUT2D eigenvalue weighted by molar-refractivity contribution is 5.90. The number of carbonyl (C=O) groups excluding carboxylic acids is 1. The minimum atomic E-state index is -0.663. The third kappa shape index (κ3) is 2.40. The summed E-state index contributed by atoms with van der Waals surface area (Å²) in [5, 5.41) is 4.37. The van der Waals surface area contributed by atoms with Crippen molar-refractivity contribution in [1.82, 2.24) is 19.2 Å². The maximum atomic E-state index is 12.7. The first kappa shape index (κ1) is 15.0. The molecule has 0 N–H and O–H groups in total. The molecule has 0 saturated carbocycles. The Morgan fingerprint density at radius 3 is 2.57 bits per heavy atom. The number of aromatic nitrogens is 4. The first-order valence-electron chi connectivity index (χ1n) is 7.26. The number of aryl methyl sites for hydroxylation is 2. The van der Waals surface area contributed by atoms with Crippen molar-refractivity contribution in [2.75, 3.05) is 6.61 Å². The van der Waals surface area contributed by atoms with E-state index in [0.717, 1.165) is 5.69 Å². The van der Waals surface area contributed by atoms with Crippen LogP contribution in [0.4, 0.5) is 0 Å². The highest BCUT2D eigenvalue weighted by Gasteiger charge is 2.22. The molecule has 0 fully saturated rings. The highest BCUT2D eigenvalue weighted by Crippen LogP contribution is 2.13. The molecule has 23 heavy (non-hydrogen) atoms. The van der Waals surface area contributed by atoms with Crippen molar-refractivity contribution < 1.29 is 9.53 Å². The minimum absolute atomic E-state index is 0.0555. The molecule has 0 bridgehead atoms. The molecule has 3 aromatic rings. The fourth-order valence-corrected chi connectivity index (χ4v) is 2.46. The second-order valence-electron chi connectivity index (χ2n) is 5.03. The van der Waals surface area contributed by atoms with Gasteiger partial charge in [-0.3, -0.25) is 4.79 Å². The van der Waals surface area contributed by atoms with E-state index in [0.29, 0.717) is 17.3 Å². The third-order valence-corrected chi connectivity index (χ3v) is 3.48. The number of esters is 1. The lowest BCUT2D eigenvalue weighted by Crippen LogP contribution is -2.27. The summed E-state index contributed by atoms with van der Waals surface area (Å²) in [7, 11) is 0. The van der Waals surface area contributed by atoms with Crippen LogP contribution in [0, 0.1) is 13.8 Å². The second kappa shape index (κ2) is 5.68. The minimum Gasteiger partial charge on any atom is -0.462 e. The molecule has 0 spiro atoms. The standard InChI is InChI=1S/C16H16N4O3/c1-4-23-15(22)13-10(2)17-16-19(14(13)21)11(3)18-20(16)12-8-6-5-7-9-12/h5-9H,4H2,1-3H3. The number of fused-ring (bicyclic) bond motifs is 1. The van der Waals surface area contributed by atoms with Crippen molar-refractivity contribution in [3.05, 3.63) is 57.8 Å². The van der Waals surface area contributed by atoms with Crippen molar-refractivity contribution in [3.8, 4) is 5.69 Å². The molecule has 0 atom stereocenters. The molecule has 0 aliphatic carbocycles. The van der Waals surface area contributed by atoms with Gasteiger partial charge in [0.05, 0.1) is 18.0 Å². The van der Waals surface area contributed by atoms with Gasteiger partial charge in [-0.2, -0.15) is 9.78 Å². The van der Waals surface area contributed by atoms with E-state index in [1.165, 1.54) is 4.40 Å². The number of ether oxygens (including phenoxy) is 1. The Morgan fingerprint density at radius 1 is 1.22 bits per heavy atom. The van der Waals surface area contributed by atoms with Crippen molar-refractivity contribution in [2.45, 2.75) is 20.8 Å². The molecule has 2 aromatic heterocycles. The molecule has 0 radical (unpaired) electrons. The first-order valence-corrected chi connectivity index (χ1v) is 7.26. The zero-order valence-corrected chi connectivity index (χ0v) is 13.1. The summed E-state index contributed by atoms with van der Waals surface area (Å²) >= 11 is 0. The fraction of sp³-hybridized carbons (Fsp3) is 0.250. The zero-order valence-electron chi connectivity index (χ0n) is 13.1. The maximum absolute atomic E-state index is 12.7. The Morgan fingerprint density at radius 2 is 1.91 bits per heavy atom. The van der Waals surface area contributed by atoms with E-state index in [2.05, 4.69) is 10.1 Å². The Hall–Kier alpha value is -2.96. The van der Waals surface area contributed by atoms with E-state index in [-0.39, 0.29) is 12.2 Å². The lowest BCUT2D eigenvalue weighted by atomic mass is 10.2. The lowest BCUT2D eigenvalue weighted by Gasteiger charge is -2.06. The molecule has 118 valence electrons. The van der Waals surface area contributed by atoms with E-state index in [1.807, 2.05) is 30.3 Å². The Labute approximate surface area is 132 Å². The number of benzene rings is 1. The number of hydrogen-bond donors (Lipinski definition) is 0. The van der Waals surface area contributed by atoms with Crippen molar-refractivity contribution in [1.29, 1.82) is 0 Å². The smallest absolute Gasteiger partial charge is 0.345 e. The zero-order chi connectivity index (χ0) is 16.6. The van der Waals surface area contributed by atoms with E-state index in [1.54, 1.807) is 25.5 Å². The summed E-state index contributed by atoms with van der Waals surface area (Å²) in [5.74, 6) is 0.153. The van der Waals surface area contributed by atoms with E-state index in [4.69, 9.17) is 4.74 Å². The van der Waals surface area contributed by atoms with Crippen molar-refractivity contribution in [2.24, 2.45) is 0 Å². The van der Waals surface area contributed by atoms with Gasteiger partial charge >= 0.3 is 5.97 Å². The summed E-state index contributed by atoms with van der Waals surface area (Å²) < 4.78 is 7.86. The summed E-state index contributed by atoms with van der Waals surface area (Å²) in [5.41, 5.74) is 0.588. The number of rotatable bonds is 3. The molecular formula is C16H16N4O3. The van der Waals surface area contributed by atoms with Crippen LogP contribution in [0.25, 0.3) is 11.5 Å². The maximum Gasteiger partial charge on any atom is 0.345 e. The molecule has 0 aliphatic heterocycles. The average Bonchev–Trinajstić information content (AvgIpc) is 2.85. The summed E-state index contributed by atoms with van der Waals surface area (Å²) in [4.78, 5) is 29.1. The summed E-state index contributed by atoms with van der Waals surface area (Å²) in [6, 6.07) is 9.38. The van der Waals surface area contributed by atoms with Crippen molar-refractivity contribution in [3.63, 3.8) is 0 Å². The molecule has 1 aromatic carbocycles. The van der Waals surface area contributed by atoms with E-state index >= 15 is 0 Å². The largest absolute Gasteiger partial charge is 0.462 e. The Kier molecular flexibility index (Phi) is 3.69. The predicted octanol–water partition coefficient (Wildman–Crippen LogP) is 1.67. The molecule has 0 aliphatic rings. The van der Waals surface area contributed by atoms with Gasteiger partial charge in [-0.15, -0.1) is 0 Å². The monoisotopic (exact) mass is 312 g/mol. The average molecular weight is 312 g/mol. The molecule has 0 amide bonds. The Bertz CT molecular complexity index is 941. The van der Waals surface area contributed by atoms with E-state index < -0.39 is 11.5 Å². The van der Waals surface area contributed by atoms with Crippen LogP contribution >= 0.6 is 0 Å². The third-order valence-electron chi connectivity index (χ3n) is 3.48. The number of nitrogens with zero attached hydrogens (tertiary/aromatic N) is 4. The van der Waals surface area contributed by atoms with Gasteiger partial charge in [0.15, 0.2) is 0 Å². The molecule has 0 unspecified atom stereocenters. The van der Waals surface area contributed by atoms with Gasteiger partial charge in [-0.25, -0.2) is 14.2 Å². The molecule has 7 nitrogen and oxygen atoms in total. The van der Waals surface area contributed by atoms with Crippen LogP contribution < -0.4 is 5.56 Å². The fourth-order valence-electron chi connectivity index (χ4n) is 2.46. The van der Waals surface area contributed by atoms with Gasteiger partial charge in [0, 0.05) is 0 Å². The molecule has 3 rings (SSSR count). The van der Waals surface area contributed by atoms with Crippen LogP contribution in [-0.2, 0) is 4.74 Å². The van der Waals surface area contributed by atoms with Crippen LogP contribution in [-0.4, -0.2) is 31.7 Å². The first-order chi connectivity index (χ1) is 11.0. The van der Waals surface area contributed by atoms with Crippen LogP contribution in [0.1, 0.15) is 28.8 Å². The van der Waals surface area contributed by atoms with Crippen LogP contribution in [0.2, 0.25) is 0 Å². The van der Waals surface area contributed by atoms with Crippen molar-refractivity contribution >= 4 is 11.7 Å². The van der Waals surface area contributed by atoms with Gasteiger partial charge < -0.3 is 4.74 Å². The van der Waals surface area contributed by atoms with Gasteiger partial charge in [0.1, 0.15) is 11.4 Å². The van der Waals surface area contributed by atoms with Crippen LogP contribution in [0.3, 0.4) is 0 Å². The highest BCUT2D eigenvalue weighted by atomic mass is 16.5. The molecule has 7 heteroatoms. The summed E-state index contributed by atoms with van der Waals surface area (Å²) in [6.45, 7) is 5.20. The summed E-state index contributed by atoms with van der Waals surface area (Å²) in [6.07, 6.45) is 0. The quantitative estimate of drug-likeness (QED) is 0.687. The van der Waals surface area contributed by atoms with E-state index in [9.17, 15) is 9.59 Å². The number of para-hydroxylation sites is 1. The van der Waals surface area contributed by atoms with Gasteiger partial charge in [0.25, 0.3) is 5.56 Å². The number of hydrogen-bond acceptors (Lipinski definition) is 5. The lowest BCUT2D eigenvalue weighted by molar-refractivity contribution is 0.0522.